The second-order valence-corrected chi connectivity index (χ2v) is 3.60. The van der Waals surface area contributed by atoms with Crippen LogP contribution in [-0.4, -0.2) is 49.3 Å². The summed E-state index contributed by atoms with van der Waals surface area (Å²) >= 11 is 0. The van der Waals surface area contributed by atoms with Crippen LogP contribution in [0.25, 0.3) is 0 Å². The topological polar surface area (TPSA) is 37.4 Å². The lowest BCUT2D eigenvalue weighted by atomic mass is 10.4. The van der Waals surface area contributed by atoms with E-state index in [-0.39, 0.29) is 0 Å². The fraction of sp³-hybridized carbons (Fsp3) is 0.615. The van der Waals surface area contributed by atoms with E-state index in [4.69, 9.17) is 4.74 Å². The highest BCUT2D eigenvalue weighted by Crippen LogP contribution is 2.00. The third-order valence-corrected chi connectivity index (χ3v) is 2.50. The van der Waals surface area contributed by atoms with E-state index in [0.29, 0.717) is 0 Å². The van der Waals surface area contributed by atoms with Crippen LogP contribution >= 0.6 is 0 Å². The molecular formula is C13H23N3O. The van der Waals surface area contributed by atoms with E-state index in [2.05, 4.69) is 15.2 Å². The van der Waals surface area contributed by atoms with Crippen molar-refractivity contribution in [1.29, 1.82) is 0 Å². The Bertz CT molecular complexity index is 273. The molecule has 0 aliphatic carbocycles. The van der Waals surface area contributed by atoms with Gasteiger partial charge in [-0.15, -0.1) is 0 Å². The first kappa shape index (κ1) is 13.9. The van der Waals surface area contributed by atoms with Crippen LogP contribution in [0, 0.1) is 0 Å². The van der Waals surface area contributed by atoms with Gasteiger partial charge in [0.05, 0.1) is 13.2 Å². The van der Waals surface area contributed by atoms with Crippen molar-refractivity contribution in [2.24, 2.45) is 0 Å². The minimum absolute atomic E-state index is 0.865. The van der Waals surface area contributed by atoms with Crippen molar-refractivity contribution in [3.63, 3.8) is 0 Å². The molecule has 0 atom stereocenters. The zero-order valence-corrected chi connectivity index (χ0v) is 10.9. The van der Waals surface area contributed by atoms with Gasteiger partial charge in [0.25, 0.3) is 0 Å². The summed E-state index contributed by atoms with van der Waals surface area (Å²) in [4.78, 5) is 6.61. The maximum absolute atomic E-state index is 5.29. The van der Waals surface area contributed by atoms with Crippen molar-refractivity contribution in [3.05, 3.63) is 24.4 Å². The number of hydrogen-bond acceptors (Lipinski definition) is 4. The van der Waals surface area contributed by atoms with Crippen LogP contribution in [0.2, 0.25) is 0 Å². The Kier molecular flexibility index (Phi) is 7.34. The molecule has 4 nitrogen and oxygen atoms in total. The van der Waals surface area contributed by atoms with Crippen molar-refractivity contribution < 1.29 is 4.74 Å². The van der Waals surface area contributed by atoms with Gasteiger partial charge in [-0.05, 0) is 12.1 Å². The second-order valence-electron chi connectivity index (χ2n) is 3.60. The molecule has 1 saturated heterocycles. The number of nitrogens with one attached hydrogen (secondary N) is 1. The molecule has 2 rings (SSSR count). The van der Waals surface area contributed by atoms with Crippen LogP contribution in [0.3, 0.4) is 0 Å². The van der Waals surface area contributed by atoms with Crippen molar-refractivity contribution in [1.82, 2.24) is 9.88 Å². The predicted octanol–water partition coefficient (Wildman–Crippen LogP) is 1.85. The molecule has 2 heterocycles. The summed E-state index contributed by atoms with van der Waals surface area (Å²) in [5.41, 5.74) is 0. The number of morpholine rings is 1. The molecule has 0 unspecified atom stereocenters. The number of anilines is 1. The van der Waals surface area contributed by atoms with Crippen molar-refractivity contribution in [2.45, 2.75) is 13.8 Å². The average molecular weight is 237 g/mol. The van der Waals surface area contributed by atoms with Gasteiger partial charge in [0.1, 0.15) is 5.82 Å². The van der Waals surface area contributed by atoms with E-state index in [1.807, 2.05) is 32.0 Å². The predicted molar refractivity (Wildman–Crippen MR) is 71.3 cm³/mol. The highest BCUT2D eigenvalue weighted by molar-refractivity contribution is 5.32. The molecule has 0 bridgehead atoms. The Balaban J connectivity index is 0.000000686. The lowest BCUT2D eigenvalue weighted by Gasteiger charge is -2.26. The molecule has 1 aromatic rings. The molecule has 17 heavy (non-hydrogen) atoms. The summed E-state index contributed by atoms with van der Waals surface area (Å²) in [5.74, 6) is 0.950. The fourth-order valence-electron chi connectivity index (χ4n) is 1.63. The van der Waals surface area contributed by atoms with Crippen LogP contribution in [0.15, 0.2) is 24.4 Å². The molecule has 4 heteroatoms. The minimum Gasteiger partial charge on any atom is -0.379 e. The summed E-state index contributed by atoms with van der Waals surface area (Å²) in [6, 6.07) is 5.90. The number of hydrogen-bond donors (Lipinski definition) is 1. The number of ether oxygens (including phenoxy) is 1. The third-order valence-electron chi connectivity index (χ3n) is 2.50. The lowest BCUT2D eigenvalue weighted by Crippen LogP contribution is -2.39. The quantitative estimate of drug-likeness (QED) is 0.867. The molecule has 0 spiro atoms. The van der Waals surface area contributed by atoms with Crippen LogP contribution in [0.5, 0.6) is 0 Å². The largest absolute Gasteiger partial charge is 0.379 e. The van der Waals surface area contributed by atoms with Crippen molar-refractivity contribution >= 4 is 5.82 Å². The van der Waals surface area contributed by atoms with Gasteiger partial charge in [0.2, 0.25) is 0 Å². The molecule has 1 aliphatic rings. The average Bonchev–Trinajstić information content (AvgIpc) is 2.43. The highest BCUT2D eigenvalue weighted by atomic mass is 16.5. The smallest absolute Gasteiger partial charge is 0.125 e. The second kappa shape index (κ2) is 8.96. The Morgan fingerprint density at radius 1 is 1.29 bits per heavy atom. The van der Waals surface area contributed by atoms with Gasteiger partial charge in [-0.3, -0.25) is 4.90 Å². The lowest BCUT2D eigenvalue weighted by molar-refractivity contribution is 0.0398. The van der Waals surface area contributed by atoms with Crippen molar-refractivity contribution in [3.8, 4) is 0 Å². The number of nitrogens with zero attached hydrogens (tertiary/aromatic N) is 2. The van der Waals surface area contributed by atoms with Gasteiger partial charge in [-0.1, -0.05) is 19.9 Å². The van der Waals surface area contributed by atoms with Crippen LogP contribution in [0.4, 0.5) is 5.82 Å². The molecule has 96 valence electrons. The standard InChI is InChI=1S/C11H17N3O.C2H6/c1-2-4-12-11(3-1)13-5-6-14-7-9-15-10-8-14;1-2/h1-4H,5-10H2,(H,12,13);1-2H3. The van der Waals surface area contributed by atoms with Gasteiger partial charge in [0.15, 0.2) is 0 Å². The summed E-state index contributed by atoms with van der Waals surface area (Å²) in [7, 11) is 0. The summed E-state index contributed by atoms with van der Waals surface area (Å²) in [6.07, 6.45) is 1.80. The first-order valence-electron chi connectivity index (χ1n) is 6.40. The zero-order chi connectivity index (χ0) is 12.3. The monoisotopic (exact) mass is 237 g/mol. The van der Waals surface area contributed by atoms with Crippen LogP contribution < -0.4 is 5.32 Å². The van der Waals surface area contributed by atoms with E-state index < -0.39 is 0 Å². The molecule has 0 saturated carbocycles. The first-order chi connectivity index (χ1) is 8.45. The normalized spacial score (nSPS) is 15.9. The summed E-state index contributed by atoms with van der Waals surface area (Å²) < 4.78 is 5.29. The Morgan fingerprint density at radius 3 is 2.71 bits per heavy atom. The van der Waals surface area contributed by atoms with Gasteiger partial charge < -0.3 is 10.1 Å². The number of aromatic nitrogens is 1. The summed E-state index contributed by atoms with van der Waals surface area (Å²) in [5, 5.41) is 3.30. The molecule has 1 N–H and O–H groups in total. The van der Waals surface area contributed by atoms with E-state index in [1.165, 1.54) is 0 Å². The first-order valence-corrected chi connectivity index (χ1v) is 6.40. The van der Waals surface area contributed by atoms with Crippen molar-refractivity contribution in [2.75, 3.05) is 44.7 Å². The number of pyridine rings is 1. The molecule has 0 amide bonds. The maximum atomic E-state index is 5.29. The Morgan fingerprint density at radius 2 is 2.06 bits per heavy atom. The fourth-order valence-corrected chi connectivity index (χ4v) is 1.63. The number of rotatable bonds is 4. The molecule has 1 fully saturated rings. The Labute approximate surface area is 104 Å². The third kappa shape index (κ3) is 5.65. The van der Waals surface area contributed by atoms with E-state index in [9.17, 15) is 0 Å². The van der Waals surface area contributed by atoms with E-state index >= 15 is 0 Å². The van der Waals surface area contributed by atoms with Gasteiger partial charge in [-0.25, -0.2) is 4.98 Å². The molecule has 1 aliphatic heterocycles. The van der Waals surface area contributed by atoms with Gasteiger partial charge in [0, 0.05) is 32.4 Å². The molecule has 0 radical (unpaired) electrons. The maximum Gasteiger partial charge on any atom is 0.125 e. The minimum atomic E-state index is 0.865. The highest BCUT2D eigenvalue weighted by Gasteiger charge is 2.08. The molecule has 1 aromatic heterocycles. The van der Waals surface area contributed by atoms with Crippen LogP contribution in [-0.2, 0) is 4.74 Å². The zero-order valence-electron chi connectivity index (χ0n) is 10.9. The van der Waals surface area contributed by atoms with E-state index in [1.54, 1.807) is 6.20 Å². The van der Waals surface area contributed by atoms with Crippen LogP contribution in [0.1, 0.15) is 13.8 Å². The van der Waals surface area contributed by atoms with Gasteiger partial charge >= 0.3 is 0 Å². The molecular weight excluding hydrogens is 214 g/mol. The van der Waals surface area contributed by atoms with Gasteiger partial charge in [-0.2, -0.15) is 0 Å². The SMILES string of the molecule is CC.c1ccc(NCCN2CCOCC2)nc1. The molecule has 0 aromatic carbocycles. The Hall–Kier alpha value is -1.13. The summed E-state index contributed by atoms with van der Waals surface area (Å²) in [6.45, 7) is 9.82. The van der Waals surface area contributed by atoms with E-state index in [0.717, 1.165) is 45.2 Å².